The summed E-state index contributed by atoms with van der Waals surface area (Å²) in [4.78, 5) is 28.8. The molecule has 2 aromatic rings. The van der Waals surface area contributed by atoms with E-state index >= 15 is 0 Å². The molecule has 0 spiro atoms. The van der Waals surface area contributed by atoms with E-state index in [-0.39, 0.29) is 11.9 Å². The number of carbonyl (C=O) groups is 2. The number of nitrogens with zero attached hydrogens (tertiary/aromatic N) is 2. The maximum absolute atomic E-state index is 12.5. The van der Waals surface area contributed by atoms with E-state index in [1.807, 2.05) is 59.5 Å². The molecule has 1 aliphatic carbocycles. The van der Waals surface area contributed by atoms with Crippen LogP contribution >= 0.6 is 0 Å². The zero-order valence-electron chi connectivity index (χ0n) is 18.1. The van der Waals surface area contributed by atoms with Crippen molar-refractivity contribution in [1.29, 1.82) is 0 Å². The standard InChI is InChI=1S/C25H32N4O2/c30-24(15-10-20-6-4-5-7-20)26-22-11-13-23(14-12-22)28-16-18-29(19-17-28)25(31)27-21-8-2-1-3-9-21/h1-3,8-9,11-14,20H,4-7,10,15-19H2,(H,26,30)(H,27,31). The summed E-state index contributed by atoms with van der Waals surface area (Å²) < 4.78 is 0. The first-order valence-corrected chi connectivity index (χ1v) is 11.4. The number of carbonyl (C=O) groups excluding carboxylic acids is 2. The highest BCUT2D eigenvalue weighted by Crippen LogP contribution is 2.28. The van der Waals surface area contributed by atoms with E-state index in [4.69, 9.17) is 0 Å². The number of anilines is 3. The summed E-state index contributed by atoms with van der Waals surface area (Å²) in [6.45, 7) is 2.93. The van der Waals surface area contributed by atoms with Gasteiger partial charge in [0.05, 0.1) is 0 Å². The molecule has 1 heterocycles. The number of urea groups is 1. The number of para-hydroxylation sites is 1. The monoisotopic (exact) mass is 420 g/mol. The lowest BCUT2D eigenvalue weighted by molar-refractivity contribution is -0.116. The van der Waals surface area contributed by atoms with Crippen LogP contribution in [0, 0.1) is 5.92 Å². The largest absolute Gasteiger partial charge is 0.368 e. The summed E-state index contributed by atoms with van der Waals surface area (Å²) in [6, 6.07) is 17.5. The zero-order valence-corrected chi connectivity index (χ0v) is 18.1. The third-order valence-corrected chi connectivity index (χ3v) is 6.36. The Hall–Kier alpha value is -3.02. The first-order chi connectivity index (χ1) is 15.2. The second-order valence-corrected chi connectivity index (χ2v) is 8.55. The summed E-state index contributed by atoms with van der Waals surface area (Å²) in [5, 5.41) is 5.97. The summed E-state index contributed by atoms with van der Waals surface area (Å²) >= 11 is 0. The molecule has 164 valence electrons. The smallest absolute Gasteiger partial charge is 0.321 e. The van der Waals surface area contributed by atoms with Crippen LogP contribution in [0.3, 0.4) is 0 Å². The van der Waals surface area contributed by atoms with Crippen LogP contribution < -0.4 is 15.5 Å². The van der Waals surface area contributed by atoms with Crippen molar-refractivity contribution in [1.82, 2.24) is 4.90 Å². The van der Waals surface area contributed by atoms with Gasteiger partial charge in [0.1, 0.15) is 0 Å². The number of hydrogen-bond donors (Lipinski definition) is 2. The third kappa shape index (κ3) is 6.00. The molecule has 1 saturated heterocycles. The summed E-state index contributed by atoms with van der Waals surface area (Å²) in [6.07, 6.45) is 6.82. The minimum absolute atomic E-state index is 0.0542. The van der Waals surface area contributed by atoms with Crippen LogP contribution in [0.15, 0.2) is 54.6 Å². The molecular formula is C25H32N4O2. The van der Waals surface area contributed by atoms with Crippen molar-refractivity contribution in [3.8, 4) is 0 Å². The Morgan fingerprint density at radius 2 is 1.45 bits per heavy atom. The molecule has 31 heavy (non-hydrogen) atoms. The topological polar surface area (TPSA) is 64.7 Å². The van der Waals surface area contributed by atoms with Crippen molar-refractivity contribution in [3.05, 3.63) is 54.6 Å². The first-order valence-electron chi connectivity index (χ1n) is 11.4. The fraction of sp³-hybridized carbons (Fsp3) is 0.440. The first kappa shape index (κ1) is 21.2. The lowest BCUT2D eigenvalue weighted by atomic mass is 10.0. The van der Waals surface area contributed by atoms with E-state index in [1.165, 1.54) is 25.7 Å². The van der Waals surface area contributed by atoms with Crippen LogP contribution in [0.2, 0.25) is 0 Å². The maximum Gasteiger partial charge on any atom is 0.321 e. The van der Waals surface area contributed by atoms with Gasteiger partial charge in [-0.05, 0) is 48.7 Å². The van der Waals surface area contributed by atoms with E-state index in [1.54, 1.807) is 0 Å². The highest BCUT2D eigenvalue weighted by molar-refractivity contribution is 5.91. The predicted molar refractivity (Wildman–Crippen MR) is 126 cm³/mol. The van der Waals surface area contributed by atoms with Gasteiger partial charge in [0.15, 0.2) is 0 Å². The van der Waals surface area contributed by atoms with Gasteiger partial charge in [-0.2, -0.15) is 0 Å². The summed E-state index contributed by atoms with van der Waals surface area (Å²) in [5.74, 6) is 0.847. The maximum atomic E-state index is 12.5. The summed E-state index contributed by atoms with van der Waals surface area (Å²) in [5.41, 5.74) is 2.78. The summed E-state index contributed by atoms with van der Waals surface area (Å²) in [7, 11) is 0. The molecule has 0 bridgehead atoms. The van der Waals surface area contributed by atoms with Gasteiger partial charge in [0.25, 0.3) is 0 Å². The number of amides is 3. The zero-order chi connectivity index (χ0) is 21.5. The molecule has 0 atom stereocenters. The van der Waals surface area contributed by atoms with Crippen LogP contribution in [-0.2, 0) is 4.79 Å². The van der Waals surface area contributed by atoms with E-state index in [0.717, 1.165) is 42.5 Å². The second-order valence-electron chi connectivity index (χ2n) is 8.55. The van der Waals surface area contributed by atoms with Crippen LogP contribution in [0.5, 0.6) is 0 Å². The van der Waals surface area contributed by atoms with E-state index in [0.29, 0.717) is 19.5 Å². The lowest BCUT2D eigenvalue weighted by Gasteiger charge is -2.36. The van der Waals surface area contributed by atoms with Crippen molar-refractivity contribution in [2.75, 3.05) is 41.7 Å². The molecule has 2 aliphatic rings. The quantitative estimate of drug-likeness (QED) is 0.695. The van der Waals surface area contributed by atoms with Crippen molar-refractivity contribution in [2.24, 2.45) is 5.92 Å². The highest BCUT2D eigenvalue weighted by Gasteiger charge is 2.21. The SMILES string of the molecule is O=C(CCC1CCCC1)Nc1ccc(N2CCN(C(=O)Nc3ccccc3)CC2)cc1. The minimum Gasteiger partial charge on any atom is -0.368 e. The fourth-order valence-corrected chi connectivity index (χ4v) is 4.51. The van der Waals surface area contributed by atoms with Gasteiger partial charge in [-0.1, -0.05) is 43.9 Å². The Bertz CT molecular complexity index is 855. The molecule has 0 aromatic heterocycles. The highest BCUT2D eigenvalue weighted by atomic mass is 16.2. The molecule has 1 saturated carbocycles. The van der Waals surface area contributed by atoms with Gasteiger partial charge in [0.2, 0.25) is 5.91 Å². The van der Waals surface area contributed by atoms with Gasteiger partial charge in [-0.15, -0.1) is 0 Å². The van der Waals surface area contributed by atoms with E-state index < -0.39 is 0 Å². The molecule has 6 heteroatoms. The molecule has 2 fully saturated rings. The van der Waals surface area contributed by atoms with Crippen LogP contribution in [-0.4, -0.2) is 43.0 Å². The Balaban J connectivity index is 1.21. The number of piperazine rings is 1. The molecule has 3 amide bonds. The Morgan fingerprint density at radius 1 is 0.806 bits per heavy atom. The minimum atomic E-state index is -0.0542. The van der Waals surface area contributed by atoms with Gasteiger partial charge in [-0.25, -0.2) is 4.79 Å². The van der Waals surface area contributed by atoms with Crippen LogP contribution in [0.25, 0.3) is 0 Å². The van der Waals surface area contributed by atoms with Gasteiger partial charge < -0.3 is 20.4 Å². The normalized spacial score (nSPS) is 16.9. The second kappa shape index (κ2) is 10.3. The molecule has 2 N–H and O–H groups in total. The van der Waals surface area contributed by atoms with Gasteiger partial charge in [0, 0.05) is 49.7 Å². The Morgan fingerprint density at radius 3 is 2.13 bits per heavy atom. The Kier molecular flexibility index (Phi) is 7.07. The van der Waals surface area contributed by atoms with Crippen LogP contribution in [0.1, 0.15) is 38.5 Å². The molecule has 0 unspecified atom stereocenters. The molecular weight excluding hydrogens is 388 g/mol. The van der Waals surface area contributed by atoms with Gasteiger partial charge in [-0.3, -0.25) is 4.79 Å². The number of nitrogens with one attached hydrogen (secondary N) is 2. The van der Waals surface area contributed by atoms with E-state index in [2.05, 4.69) is 15.5 Å². The molecule has 1 aliphatic heterocycles. The number of hydrogen-bond acceptors (Lipinski definition) is 3. The molecule has 6 nitrogen and oxygen atoms in total. The molecule has 4 rings (SSSR count). The number of benzene rings is 2. The average Bonchev–Trinajstić information content (AvgIpc) is 3.33. The van der Waals surface area contributed by atoms with Gasteiger partial charge >= 0.3 is 6.03 Å². The van der Waals surface area contributed by atoms with Crippen LogP contribution in [0.4, 0.5) is 21.9 Å². The predicted octanol–water partition coefficient (Wildman–Crippen LogP) is 4.95. The number of rotatable bonds is 6. The van der Waals surface area contributed by atoms with Crippen molar-refractivity contribution >= 4 is 29.0 Å². The fourth-order valence-electron chi connectivity index (χ4n) is 4.51. The Labute approximate surface area is 184 Å². The molecule has 2 aromatic carbocycles. The third-order valence-electron chi connectivity index (χ3n) is 6.36. The molecule has 0 radical (unpaired) electrons. The lowest BCUT2D eigenvalue weighted by Crippen LogP contribution is -2.50. The van der Waals surface area contributed by atoms with Crippen molar-refractivity contribution < 1.29 is 9.59 Å². The van der Waals surface area contributed by atoms with Crippen molar-refractivity contribution in [2.45, 2.75) is 38.5 Å². The average molecular weight is 421 g/mol. The van der Waals surface area contributed by atoms with Crippen molar-refractivity contribution in [3.63, 3.8) is 0 Å². The van der Waals surface area contributed by atoms with E-state index in [9.17, 15) is 9.59 Å².